The van der Waals surface area contributed by atoms with Crippen molar-refractivity contribution < 1.29 is 30.8 Å². The van der Waals surface area contributed by atoms with Crippen LogP contribution in [0.2, 0.25) is 0 Å². The minimum absolute atomic E-state index is 0.100. The number of halogens is 4. The molecule has 7 nitrogen and oxygen atoms in total. The van der Waals surface area contributed by atoms with Gasteiger partial charge >= 0.3 is 6.18 Å². The summed E-state index contributed by atoms with van der Waals surface area (Å²) < 4.78 is 79.2. The Morgan fingerprint density at radius 3 is 2.33 bits per heavy atom. The smallest absolute Gasteiger partial charge is 0.370 e. The number of anilines is 2. The van der Waals surface area contributed by atoms with E-state index in [2.05, 4.69) is 4.98 Å². The maximum absolute atomic E-state index is 14.2. The van der Waals surface area contributed by atoms with Crippen LogP contribution in [0.3, 0.4) is 0 Å². The number of hydrogen-bond donors (Lipinski definition) is 1. The summed E-state index contributed by atoms with van der Waals surface area (Å²) in [5, 5.41) is 5.02. The highest BCUT2D eigenvalue weighted by Gasteiger charge is 2.52. The van der Waals surface area contributed by atoms with Gasteiger partial charge in [-0.15, -0.1) is 0 Å². The molecule has 0 aliphatic carbocycles. The van der Waals surface area contributed by atoms with Crippen molar-refractivity contribution in [3.63, 3.8) is 0 Å². The Morgan fingerprint density at radius 1 is 1.06 bits per heavy atom. The van der Waals surface area contributed by atoms with Gasteiger partial charge in [-0.1, -0.05) is 18.2 Å². The molecule has 3 aromatic rings. The summed E-state index contributed by atoms with van der Waals surface area (Å²) >= 11 is 0. The average Bonchev–Trinajstić information content (AvgIpc) is 3.17. The molecule has 3 heterocycles. The van der Waals surface area contributed by atoms with Crippen molar-refractivity contribution in [1.29, 1.82) is 0 Å². The number of carbonyl (C=O) groups is 1. The number of pyridine rings is 1. The number of carbonyl (C=O) groups excluding carboxylic acids is 1. The molecule has 0 unspecified atom stereocenters. The zero-order valence-electron chi connectivity index (χ0n) is 18.6. The summed E-state index contributed by atoms with van der Waals surface area (Å²) in [6.45, 7) is 0.364. The first-order valence-corrected chi connectivity index (χ1v) is 12.5. The van der Waals surface area contributed by atoms with Crippen LogP contribution in [0, 0.1) is 11.7 Å². The summed E-state index contributed by atoms with van der Waals surface area (Å²) in [5.41, 5.74) is 2.10. The molecule has 0 spiro atoms. The molecular weight excluding hydrogens is 500 g/mol. The Bertz CT molecular complexity index is 1420. The molecule has 1 amide bonds. The number of nitrogens with two attached hydrogens (primary N) is 1. The predicted octanol–water partition coefficient (Wildman–Crippen LogP) is 3.49. The molecule has 2 N–H and O–H groups in total. The number of hydrogen-bond acceptors (Lipinski definition) is 5. The van der Waals surface area contributed by atoms with E-state index in [1.165, 1.54) is 0 Å². The first-order valence-electron chi connectivity index (χ1n) is 10.9. The highest BCUT2D eigenvalue weighted by atomic mass is 32.2. The van der Waals surface area contributed by atoms with E-state index in [-0.39, 0.29) is 24.3 Å². The predicted molar refractivity (Wildman–Crippen MR) is 124 cm³/mol. The van der Waals surface area contributed by atoms with Gasteiger partial charge in [0, 0.05) is 42.6 Å². The van der Waals surface area contributed by atoms with E-state index >= 15 is 0 Å². The number of amides is 1. The molecule has 5 rings (SSSR count). The molecule has 1 atom stereocenters. The lowest BCUT2D eigenvalue weighted by Crippen LogP contribution is -2.58. The Labute approximate surface area is 204 Å². The van der Waals surface area contributed by atoms with Crippen molar-refractivity contribution >= 4 is 27.3 Å². The van der Waals surface area contributed by atoms with Crippen LogP contribution in [0.15, 0.2) is 65.7 Å². The van der Waals surface area contributed by atoms with E-state index in [9.17, 15) is 30.8 Å². The third-order valence-corrected chi connectivity index (χ3v) is 7.39. The molecule has 2 aromatic carbocycles. The topological polar surface area (TPSA) is 96.6 Å². The van der Waals surface area contributed by atoms with Gasteiger partial charge in [0.15, 0.2) is 0 Å². The molecule has 0 saturated carbocycles. The van der Waals surface area contributed by atoms with Crippen LogP contribution in [0.25, 0.3) is 11.3 Å². The van der Waals surface area contributed by atoms with Gasteiger partial charge in [0.05, 0.1) is 11.6 Å². The lowest BCUT2D eigenvalue weighted by atomic mass is 9.96. The Kier molecular flexibility index (Phi) is 5.75. The highest BCUT2D eigenvalue weighted by molar-refractivity contribution is 7.89. The molecular formula is C24H20F4N4O3S. The van der Waals surface area contributed by atoms with Crippen LogP contribution in [0.1, 0.15) is 5.56 Å². The third kappa shape index (κ3) is 4.30. The van der Waals surface area contributed by atoms with Gasteiger partial charge in [-0.3, -0.25) is 14.7 Å². The number of alkyl halides is 3. The first-order chi connectivity index (χ1) is 16.9. The molecule has 1 saturated heterocycles. The normalized spacial score (nSPS) is 18.2. The van der Waals surface area contributed by atoms with Gasteiger partial charge in [-0.05, 0) is 42.0 Å². The lowest BCUT2D eigenvalue weighted by Gasteiger charge is -2.42. The Balaban J connectivity index is 1.37. The van der Waals surface area contributed by atoms with Crippen LogP contribution in [0.5, 0.6) is 0 Å². The summed E-state index contributed by atoms with van der Waals surface area (Å²) in [5.74, 6) is -2.81. The van der Waals surface area contributed by atoms with Crippen LogP contribution in [0.4, 0.5) is 28.9 Å². The van der Waals surface area contributed by atoms with Crippen molar-refractivity contribution in [2.75, 3.05) is 22.9 Å². The van der Waals surface area contributed by atoms with Gasteiger partial charge < -0.3 is 4.90 Å². The van der Waals surface area contributed by atoms with Gasteiger partial charge in [0.1, 0.15) is 16.8 Å². The number of benzene rings is 2. The monoisotopic (exact) mass is 520 g/mol. The maximum atomic E-state index is 14.2. The van der Waals surface area contributed by atoms with Crippen LogP contribution in [-0.4, -0.2) is 44.6 Å². The average molecular weight is 521 g/mol. The van der Waals surface area contributed by atoms with E-state index in [0.717, 1.165) is 23.0 Å². The minimum atomic E-state index is -4.79. The summed E-state index contributed by atoms with van der Waals surface area (Å²) in [6.07, 6.45) is -3.78. The van der Waals surface area contributed by atoms with Crippen molar-refractivity contribution in [3.05, 3.63) is 72.2 Å². The van der Waals surface area contributed by atoms with E-state index < -0.39 is 51.2 Å². The molecule has 1 fully saturated rings. The fourth-order valence-corrected chi connectivity index (χ4v) is 5.22. The van der Waals surface area contributed by atoms with E-state index in [0.29, 0.717) is 11.0 Å². The SMILES string of the molecule is NS(=O)(=O)c1cc2c(cc1F)C[C@@H](C(F)(F)F)N2C(=O)C1CN(c2ccc(-c3ccccn3)cc2)C1. The number of sulfonamides is 1. The van der Waals surface area contributed by atoms with Crippen molar-refractivity contribution in [1.82, 2.24) is 4.98 Å². The molecule has 2 aliphatic heterocycles. The van der Waals surface area contributed by atoms with E-state index in [1.807, 2.05) is 47.4 Å². The molecule has 0 radical (unpaired) electrons. The second-order valence-corrected chi connectivity index (χ2v) is 10.3. The lowest BCUT2D eigenvalue weighted by molar-refractivity contribution is -0.153. The third-order valence-electron chi connectivity index (χ3n) is 6.46. The van der Waals surface area contributed by atoms with Gasteiger partial charge in [-0.25, -0.2) is 17.9 Å². The molecule has 188 valence electrons. The quantitative estimate of drug-likeness (QED) is 0.532. The largest absolute Gasteiger partial charge is 0.409 e. The van der Waals surface area contributed by atoms with Gasteiger partial charge in [0.25, 0.3) is 0 Å². The maximum Gasteiger partial charge on any atom is 0.409 e. The Morgan fingerprint density at radius 2 is 1.75 bits per heavy atom. The van der Waals surface area contributed by atoms with Crippen LogP contribution < -0.4 is 14.9 Å². The molecule has 1 aromatic heterocycles. The van der Waals surface area contributed by atoms with Crippen LogP contribution in [-0.2, 0) is 21.2 Å². The number of rotatable bonds is 4. The Hall–Kier alpha value is -3.51. The second kappa shape index (κ2) is 8.56. The van der Waals surface area contributed by atoms with E-state index in [4.69, 9.17) is 5.14 Å². The fourth-order valence-electron chi connectivity index (χ4n) is 4.61. The number of fused-ring (bicyclic) bond motifs is 1. The molecule has 2 aliphatic rings. The minimum Gasteiger partial charge on any atom is -0.370 e. The molecule has 12 heteroatoms. The van der Waals surface area contributed by atoms with Crippen molar-refractivity contribution in [2.45, 2.75) is 23.5 Å². The first kappa shape index (κ1) is 24.2. The molecule has 0 bridgehead atoms. The number of aromatic nitrogens is 1. The zero-order chi connectivity index (χ0) is 25.8. The summed E-state index contributed by atoms with van der Waals surface area (Å²) in [4.78, 5) is 19.0. The summed E-state index contributed by atoms with van der Waals surface area (Å²) in [6, 6.07) is 12.2. The van der Waals surface area contributed by atoms with Crippen molar-refractivity contribution in [3.8, 4) is 11.3 Å². The number of primary sulfonamides is 1. The molecule has 36 heavy (non-hydrogen) atoms. The van der Waals surface area contributed by atoms with Gasteiger partial charge in [-0.2, -0.15) is 13.2 Å². The summed E-state index contributed by atoms with van der Waals surface area (Å²) in [7, 11) is -4.54. The highest BCUT2D eigenvalue weighted by Crippen LogP contribution is 2.43. The van der Waals surface area contributed by atoms with Gasteiger partial charge in [0.2, 0.25) is 15.9 Å². The van der Waals surface area contributed by atoms with Crippen molar-refractivity contribution in [2.24, 2.45) is 11.1 Å². The second-order valence-electron chi connectivity index (χ2n) is 8.79. The van der Waals surface area contributed by atoms with E-state index in [1.54, 1.807) is 6.20 Å². The van der Waals surface area contributed by atoms with Crippen LogP contribution >= 0.6 is 0 Å². The standard InChI is InChI=1S/C24H20F4N4O3S/c25-18-9-15-10-22(24(26,27)28)32(20(15)11-21(18)36(29,34)35)23(33)16-12-31(13-16)17-6-4-14(5-7-17)19-3-1-2-8-30-19/h1-9,11,16,22H,10,12-13H2,(H2,29,34,35)/t22-/m0/s1. The fraction of sp³-hybridized carbons (Fsp3) is 0.250. The number of nitrogens with zero attached hydrogens (tertiary/aromatic N) is 3. The zero-order valence-corrected chi connectivity index (χ0v) is 19.4.